The van der Waals surface area contributed by atoms with Gasteiger partial charge >= 0.3 is 0 Å². The Bertz CT molecular complexity index is 434. The van der Waals surface area contributed by atoms with Crippen molar-refractivity contribution < 1.29 is 9.50 Å². The Morgan fingerprint density at radius 2 is 2.18 bits per heavy atom. The van der Waals surface area contributed by atoms with E-state index >= 15 is 0 Å². The first-order valence-electron chi connectivity index (χ1n) is 6.07. The van der Waals surface area contributed by atoms with E-state index in [1.54, 1.807) is 12.1 Å². The highest BCUT2D eigenvalue weighted by atomic mass is 19.1. The standard InChI is InChI=1S/C15H19FO/c1-15(2)9-12(8-14(17)10-15)6-11-4-3-5-13(16)7-11/h3-5,7-8,14,17H,6,9-10H2,1-2H3. The van der Waals surface area contributed by atoms with Gasteiger partial charge in [-0.05, 0) is 42.4 Å². The van der Waals surface area contributed by atoms with Crippen LogP contribution in [0.2, 0.25) is 0 Å². The first-order chi connectivity index (χ1) is 7.94. The average Bonchev–Trinajstić information content (AvgIpc) is 2.13. The van der Waals surface area contributed by atoms with Gasteiger partial charge in [0, 0.05) is 0 Å². The molecular weight excluding hydrogens is 215 g/mol. The van der Waals surface area contributed by atoms with Crippen LogP contribution in [0, 0.1) is 11.2 Å². The van der Waals surface area contributed by atoms with Crippen LogP contribution in [-0.2, 0) is 6.42 Å². The predicted molar refractivity (Wildman–Crippen MR) is 67.2 cm³/mol. The fourth-order valence-electron chi connectivity index (χ4n) is 2.67. The molecule has 1 aliphatic carbocycles. The second kappa shape index (κ2) is 4.61. The van der Waals surface area contributed by atoms with Gasteiger partial charge in [-0.3, -0.25) is 0 Å². The van der Waals surface area contributed by atoms with E-state index in [0.717, 1.165) is 24.8 Å². The van der Waals surface area contributed by atoms with Crippen LogP contribution in [0.1, 0.15) is 32.3 Å². The zero-order chi connectivity index (χ0) is 12.5. The van der Waals surface area contributed by atoms with Crippen molar-refractivity contribution in [2.45, 2.75) is 39.2 Å². The third-order valence-electron chi connectivity index (χ3n) is 3.22. The second-order valence-electron chi connectivity index (χ2n) is 5.74. The van der Waals surface area contributed by atoms with Gasteiger partial charge in [-0.15, -0.1) is 0 Å². The van der Waals surface area contributed by atoms with Crippen molar-refractivity contribution in [1.82, 2.24) is 0 Å². The summed E-state index contributed by atoms with van der Waals surface area (Å²) in [6.45, 7) is 4.32. The molecule has 17 heavy (non-hydrogen) atoms. The lowest BCUT2D eigenvalue weighted by Crippen LogP contribution is -2.25. The molecule has 0 spiro atoms. The minimum atomic E-state index is -0.359. The molecule has 0 saturated heterocycles. The fraction of sp³-hybridized carbons (Fsp3) is 0.467. The number of aliphatic hydroxyl groups is 1. The van der Waals surface area contributed by atoms with E-state index in [1.807, 2.05) is 12.1 Å². The molecule has 0 saturated carbocycles. The van der Waals surface area contributed by atoms with Gasteiger partial charge in [-0.25, -0.2) is 4.39 Å². The summed E-state index contributed by atoms with van der Waals surface area (Å²) >= 11 is 0. The average molecular weight is 234 g/mol. The maximum Gasteiger partial charge on any atom is 0.123 e. The zero-order valence-electron chi connectivity index (χ0n) is 10.4. The number of hydrogen-bond acceptors (Lipinski definition) is 1. The maximum absolute atomic E-state index is 13.1. The van der Waals surface area contributed by atoms with Crippen molar-refractivity contribution >= 4 is 0 Å². The summed E-state index contributed by atoms with van der Waals surface area (Å²) in [6.07, 6.45) is 4.08. The first-order valence-corrected chi connectivity index (χ1v) is 6.07. The lowest BCUT2D eigenvalue weighted by Gasteiger charge is -2.32. The van der Waals surface area contributed by atoms with Gasteiger partial charge in [-0.1, -0.05) is 37.6 Å². The minimum Gasteiger partial charge on any atom is -0.389 e. The Morgan fingerprint density at radius 1 is 1.41 bits per heavy atom. The molecule has 0 radical (unpaired) electrons. The highest BCUT2D eigenvalue weighted by Gasteiger charge is 2.27. The molecule has 1 unspecified atom stereocenters. The number of hydrogen-bond donors (Lipinski definition) is 1. The molecule has 0 heterocycles. The molecular formula is C15H19FO. The molecule has 2 heteroatoms. The van der Waals surface area contributed by atoms with Crippen LogP contribution in [0.3, 0.4) is 0 Å². The molecule has 1 aromatic carbocycles. The largest absolute Gasteiger partial charge is 0.389 e. The van der Waals surface area contributed by atoms with E-state index in [4.69, 9.17) is 0 Å². The molecule has 1 nitrogen and oxygen atoms in total. The van der Waals surface area contributed by atoms with E-state index in [1.165, 1.54) is 11.6 Å². The molecule has 1 atom stereocenters. The predicted octanol–water partition coefficient (Wildman–Crippen LogP) is 3.48. The van der Waals surface area contributed by atoms with Gasteiger partial charge < -0.3 is 5.11 Å². The van der Waals surface area contributed by atoms with Gasteiger partial charge in [0.2, 0.25) is 0 Å². The third-order valence-corrected chi connectivity index (χ3v) is 3.22. The fourth-order valence-corrected chi connectivity index (χ4v) is 2.67. The summed E-state index contributed by atoms with van der Waals surface area (Å²) in [5.74, 6) is -0.196. The summed E-state index contributed by atoms with van der Waals surface area (Å²) in [5.41, 5.74) is 2.32. The molecule has 92 valence electrons. The van der Waals surface area contributed by atoms with Crippen molar-refractivity contribution in [3.05, 3.63) is 47.3 Å². The number of halogens is 1. The molecule has 0 bridgehead atoms. The van der Waals surface area contributed by atoms with E-state index < -0.39 is 0 Å². The normalized spacial score (nSPS) is 23.3. The summed E-state index contributed by atoms with van der Waals surface area (Å²) < 4.78 is 13.1. The van der Waals surface area contributed by atoms with E-state index in [-0.39, 0.29) is 17.3 Å². The second-order valence-corrected chi connectivity index (χ2v) is 5.74. The van der Waals surface area contributed by atoms with E-state index in [0.29, 0.717) is 0 Å². The Morgan fingerprint density at radius 3 is 2.82 bits per heavy atom. The summed E-state index contributed by atoms with van der Waals surface area (Å²) in [6, 6.07) is 6.68. The van der Waals surface area contributed by atoms with Crippen LogP contribution < -0.4 is 0 Å². The molecule has 2 rings (SSSR count). The van der Waals surface area contributed by atoms with E-state index in [2.05, 4.69) is 13.8 Å². The van der Waals surface area contributed by atoms with Gasteiger partial charge in [0.1, 0.15) is 5.82 Å². The smallest absolute Gasteiger partial charge is 0.123 e. The van der Waals surface area contributed by atoms with E-state index in [9.17, 15) is 9.50 Å². The van der Waals surface area contributed by atoms with Crippen molar-refractivity contribution in [2.24, 2.45) is 5.41 Å². The van der Waals surface area contributed by atoms with Gasteiger partial charge in [0.05, 0.1) is 6.10 Å². The van der Waals surface area contributed by atoms with Crippen LogP contribution >= 0.6 is 0 Å². The van der Waals surface area contributed by atoms with Crippen molar-refractivity contribution in [3.63, 3.8) is 0 Å². The van der Waals surface area contributed by atoms with Crippen LogP contribution in [0.5, 0.6) is 0 Å². The maximum atomic E-state index is 13.1. The number of benzene rings is 1. The number of allylic oxidation sites excluding steroid dienone is 1. The number of aliphatic hydroxyl groups excluding tert-OH is 1. The zero-order valence-corrected chi connectivity index (χ0v) is 10.4. The van der Waals surface area contributed by atoms with Gasteiger partial charge in [0.25, 0.3) is 0 Å². The summed E-state index contributed by atoms with van der Waals surface area (Å²) in [4.78, 5) is 0. The molecule has 0 fully saturated rings. The Balaban J connectivity index is 2.14. The quantitative estimate of drug-likeness (QED) is 0.777. The summed E-state index contributed by atoms with van der Waals surface area (Å²) in [5, 5.41) is 9.80. The molecule has 1 aromatic rings. The monoisotopic (exact) mass is 234 g/mol. The third kappa shape index (κ3) is 3.40. The van der Waals surface area contributed by atoms with Crippen molar-refractivity contribution in [2.75, 3.05) is 0 Å². The SMILES string of the molecule is CC1(C)CC(Cc2cccc(F)c2)=CC(O)C1. The minimum absolute atomic E-state index is 0.136. The van der Waals surface area contributed by atoms with Crippen LogP contribution in [-0.4, -0.2) is 11.2 Å². The summed E-state index contributed by atoms with van der Waals surface area (Å²) in [7, 11) is 0. The molecule has 0 aromatic heterocycles. The van der Waals surface area contributed by atoms with Crippen LogP contribution in [0.4, 0.5) is 4.39 Å². The van der Waals surface area contributed by atoms with Gasteiger partial charge in [0.15, 0.2) is 0 Å². The molecule has 0 amide bonds. The first kappa shape index (κ1) is 12.3. The van der Waals surface area contributed by atoms with Crippen molar-refractivity contribution in [3.8, 4) is 0 Å². The molecule has 0 aliphatic heterocycles. The molecule has 1 N–H and O–H groups in total. The Kier molecular flexibility index (Phi) is 3.34. The highest BCUT2D eigenvalue weighted by molar-refractivity contribution is 5.25. The molecule has 1 aliphatic rings. The van der Waals surface area contributed by atoms with Crippen molar-refractivity contribution in [1.29, 1.82) is 0 Å². The topological polar surface area (TPSA) is 20.2 Å². The van der Waals surface area contributed by atoms with Gasteiger partial charge in [-0.2, -0.15) is 0 Å². The lowest BCUT2D eigenvalue weighted by molar-refractivity contribution is 0.138. The highest BCUT2D eigenvalue weighted by Crippen LogP contribution is 2.36. The number of rotatable bonds is 2. The van der Waals surface area contributed by atoms with Crippen LogP contribution in [0.15, 0.2) is 35.9 Å². The lowest BCUT2D eigenvalue weighted by atomic mass is 9.75. The van der Waals surface area contributed by atoms with Crippen LogP contribution in [0.25, 0.3) is 0 Å². The Labute approximate surface area is 102 Å². The Hall–Kier alpha value is -1.15.